The molecule has 12 aromatic rings. The third-order valence-electron chi connectivity index (χ3n) is 16.8. The highest BCUT2D eigenvalue weighted by Crippen LogP contribution is 2.56. The van der Waals surface area contributed by atoms with Gasteiger partial charge in [0.2, 0.25) is 0 Å². The summed E-state index contributed by atoms with van der Waals surface area (Å²) in [6.45, 7) is 6.86. The molecule has 3 aliphatic rings. The lowest BCUT2D eigenvalue weighted by Crippen LogP contribution is -2.61. The van der Waals surface area contributed by atoms with Gasteiger partial charge >= 0.3 is 6.85 Å². The quantitative estimate of drug-likeness (QED) is 0.142. The molecule has 75 heavy (non-hydrogen) atoms. The summed E-state index contributed by atoms with van der Waals surface area (Å²) in [5.74, 6) is 0. The maximum atomic E-state index is 7.44. The molecular weight excluding hydrogens is 908 g/mol. The monoisotopic (exact) mass is 960 g/mol. The predicted octanol–water partition coefficient (Wildman–Crippen LogP) is 18.1. The lowest BCUT2D eigenvalue weighted by molar-refractivity contribution is 0.660. The summed E-state index contributed by atoms with van der Waals surface area (Å²) in [6.07, 6.45) is 3.30. The normalized spacial score (nSPS) is 13.7. The van der Waals surface area contributed by atoms with Gasteiger partial charge in [-0.2, -0.15) is 0 Å². The molecule has 0 saturated heterocycles. The fourth-order valence-corrected chi connectivity index (χ4v) is 13.1. The Labute approximate surface area is 439 Å². The summed E-state index contributed by atoms with van der Waals surface area (Å²) in [7, 11) is 0. The average molecular weight is 961 g/mol. The number of rotatable bonds is 8. The number of aryl methyl sites for hydroxylation is 1. The van der Waals surface area contributed by atoms with Gasteiger partial charge in [0.05, 0.1) is 11.4 Å². The van der Waals surface area contributed by atoms with Crippen molar-refractivity contribution in [3.8, 4) is 55.6 Å². The van der Waals surface area contributed by atoms with Crippen molar-refractivity contribution in [2.45, 2.75) is 45.4 Å². The lowest BCUT2D eigenvalue weighted by Gasteiger charge is -2.46. The molecule has 2 aliphatic heterocycles. The minimum Gasteiger partial charge on any atom is -0.454 e. The zero-order valence-electron chi connectivity index (χ0n) is 42.4. The van der Waals surface area contributed by atoms with E-state index in [1.54, 1.807) is 0 Å². The molecule has 0 unspecified atom stereocenters. The Bertz CT molecular complexity index is 4250. The maximum absolute atomic E-state index is 7.44. The molecule has 1 aliphatic carbocycles. The van der Waals surface area contributed by atoms with E-state index in [0.717, 1.165) is 69.3 Å². The van der Waals surface area contributed by atoms with Crippen molar-refractivity contribution in [3.05, 3.63) is 247 Å². The summed E-state index contributed by atoms with van der Waals surface area (Å²) < 4.78 is 7.44. The van der Waals surface area contributed by atoms with Gasteiger partial charge in [-0.25, -0.2) is 0 Å². The predicted molar refractivity (Wildman–Crippen MR) is 317 cm³/mol. The third-order valence-corrected chi connectivity index (χ3v) is 16.8. The van der Waals surface area contributed by atoms with Crippen LogP contribution in [0, 0.1) is 0 Å². The van der Waals surface area contributed by atoms with Crippen LogP contribution in [0.2, 0.25) is 0 Å². The summed E-state index contributed by atoms with van der Waals surface area (Å²) in [6, 6.07) is 86.4. The van der Waals surface area contributed by atoms with Gasteiger partial charge in [0.1, 0.15) is 5.58 Å². The van der Waals surface area contributed by atoms with E-state index in [1.165, 1.54) is 94.3 Å². The summed E-state index contributed by atoms with van der Waals surface area (Å²) in [5.41, 5.74) is 26.1. The molecule has 0 N–H and O–H groups in total. The fourth-order valence-electron chi connectivity index (χ4n) is 13.1. The van der Waals surface area contributed by atoms with Crippen LogP contribution in [0.15, 0.2) is 235 Å². The smallest absolute Gasteiger partial charge is 0.333 e. The molecule has 4 heteroatoms. The first-order chi connectivity index (χ1) is 36.9. The Balaban J connectivity index is 1.09. The number of anilines is 5. The van der Waals surface area contributed by atoms with E-state index in [1.807, 2.05) is 0 Å². The maximum Gasteiger partial charge on any atom is 0.333 e. The van der Waals surface area contributed by atoms with Crippen LogP contribution in [-0.4, -0.2) is 6.85 Å². The molecule has 0 bridgehead atoms. The van der Waals surface area contributed by atoms with Crippen LogP contribution >= 0.6 is 0 Å². The third kappa shape index (κ3) is 6.68. The molecule has 3 nitrogen and oxygen atoms in total. The largest absolute Gasteiger partial charge is 0.454 e. The minimum absolute atomic E-state index is 0.205. The first-order valence-electron chi connectivity index (χ1n) is 26.7. The zero-order chi connectivity index (χ0) is 49.9. The number of unbranched alkanes of at least 4 members (excludes halogenated alkanes) is 1. The van der Waals surface area contributed by atoms with E-state index in [0.29, 0.717) is 0 Å². The minimum atomic E-state index is -0.230. The summed E-state index contributed by atoms with van der Waals surface area (Å²) >= 11 is 0. The first kappa shape index (κ1) is 43.7. The van der Waals surface area contributed by atoms with Crippen molar-refractivity contribution in [2.24, 2.45) is 0 Å². The van der Waals surface area contributed by atoms with Gasteiger partial charge in [-0.1, -0.05) is 197 Å². The summed E-state index contributed by atoms with van der Waals surface area (Å²) in [4.78, 5) is 5.27. The van der Waals surface area contributed by atoms with Gasteiger partial charge in [0.25, 0.3) is 0 Å². The van der Waals surface area contributed by atoms with E-state index in [9.17, 15) is 0 Å². The van der Waals surface area contributed by atoms with Crippen LogP contribution in [0.25, 0.3) is 88.3 Å². The van der Waals surface area contributed by atoms with Crippen LogP contribution in [0.3, 0.4) is 0 Å². The highest BCUT2D eigenvalue weighted by atomic mass is 16.3. The van der Waals surface area contributed by atoms with Gasteiger partial charge in [-0.3, -0.25) is 0 Å². The Morgan fingerprint density at radius 3 is 1.87 bits per heavy atom. The second-order valence-electron chi connectivity index (χ2n) is 21.4. The number of hydrogen-bond donors (Lipinski definition) is 0. The van der Waals surface area contributed by atoms with Crippen molar-refractivity contribution in [1.29, 1.82) is 0 Å². The Morgan fingerprint density at radius 1 is 0.453 bits per heavy atom. The van der Waals surface area contributed by atoms with E-state index in [-0.39, 0.29) is 12.3 Å². The van der Waals surface area contributed by atoms with Crippen LogP contribution in [0.1, 0.15) is 50.3 Å². The number of benzene rings is 11. The van der Waals surface area contributed by atoms with E-state index in [4.69, 9.17) is 4.42 Å². The Morgan fingerprint density at radius 2 is 1.12 bits per heavy atom. The van der Waals surface area contributed by atoms with Crippen LogP contribution in [0.4, 0.5) is 28.4 Å². The van der Waals surface area contributed by atoms with Crippen molar-refractivity contribution < 1.29 is 4.42 Å². The highest BCUT2D eigenvalue weighted by Gasteiger charge is 2.48. The molecule has 0 fully saturated rings. The SMILES string of the molecule is CCCCc1ccc(N2c3cc(-c4ccccc4)cc4c3B(c3ccc5c(oc6cc7ccccc7cc65)c32)N(c2ccc(-c3ccccc3)cc2)c2cc3c(cc2-4)-c2ccccc2C3(C)C)c(-c2ccccc2)c1. The Hall–Kier alpha value is -8.86. The van der Waals surface area contributed by atoms with Crippen molar-refractivity contribution in [2.75, 3.05) is 9.71 Å². The highest BCUT2D eigenvalue weighted by molar-refractivity contribution is 6.94. The van der Waals surface area contributed by atoms with Crippen molar-refractivity contribution >= 4 is 78.9 Å². The average Bonchev–Trinajstić information content (AvgIpc) is 3.98. The zero-order valence-corrected chi connectivity index (χ0v) is 42.4. The van der Waals surface area contributed by atoms with E-state index < -0.39 is 0 Å². The molecule has 11 aromatic carbocycles. The first-order valence-corrected chi connectivity index (χ1v) is 26.7. The number of nitrogens with zero attached hydrogens (tertiary/aromatic N) is 2. The van der Waals surface area contributed by atoms with Gasteiger partial charge in [-0.05, 0) is 156 Å². The standard InChI is InChI=1S/C71H53BN2O/c1-4-5-19-45-30-37-64(56(38-45)49-24-13-8-14-25-49)73-66-41-52(47-22-11-7-12-23-47)40-60-58-43-57-54-28-17-18-29-61(54)71(2,3)62(57)44-65(58)74(53-33-31-48(32-34-53)46-20-9-6-10-21-46)72(68(60)66)63-36-35-55-59-39-50-26-15-16-27-51(50)42-67(59)75-70(55)69(63)73/h6-18,20-44H,4-5,19H2,1-3H3. The van der Waals surface area contributed by atoms with Crippen LogP contribution < -0.4 is 20.6 Å². The molecule has 0 radical (unpaired) electrons. The van der Waals surface area contributed by atoms with E-state index >= 15 is 0 Å². The second-order valence-corrected chi connectivity index (χ2v) is 21.4. The fraction of sp³-hybridized carbons (Fsp3) is 0.0986. The molecule has 1 aromatic heterocycles. The van der Waals surface area contributed by atoms with Crippen molar-refractivity contribution in [3.63, 3.8) is 0 Å². The van der Waals surface area contributed by atoms with Gasteiger partial charge in [0.15, 0.2) is 5.58 Å². The molecule has 0 spiro atoms. The molecular formula is C71H53BN2O. The summed E-state index contributed by atoms with van der Waals surface area (Å²) in [5, 5.41) is 4.59. The molecule has 3 heterocycles. The lowest BCUT2D eigenvalue weighted by atomic mass is 9.43. The van der Waals surface area contributed by atoms with Gasteiger partial charge in [-0.15, -0.1) is 0 Å². The van der Waals surface area contributed by atoms with E-state index in [2.05, 4.69) is 261 Å². The molecule has 0 amide bonds. The molecule has 15 rings (SSSR count). The second kappa shape index (κ2) is 16.8. The topological polar surface area (TPSA) is 19.6 Å². The number of hydrogen-bond acceptors (Lipinski definition) is 3. The molecule has 0 saturated carbocycles. The van der Waals surface area contributed by atoms with Gasteiger partial charge < -0.3 is 14.1 Å². The number of furan rings is 1. The van der Waals surface area contributed by atoms with Gasteiger partial charge in [0, 0.05) is 44.4 Å². The van der Waals surface area contributed by atoms with Crippen LogP contribution in [0.5, 0.6) is 0 Å². The Kier molecular flexibility index (Phi) is 9.82. The van der Waals surface area contributed by atoms with Crippen molar-refractivity contribution in [1.82, 2.24) is 0 Å². The number of fused-ring (bicyclic) bond motifs is 12. The molecule has 356 valence electrons. The molecule has 0 atom stereocenters. The van der Waals surface area contributed by atoms with Crippen LogP contribution in [-0.2, 0) is 11.8 Å².